The normalized spacial score (nSPS) is 16.2. The number of aromatic nitrogens is 1. The lowest BCUT2D eigenvalue weighted by Crippen LogP contribution is -2.35. The monoisotopic (exact) mass is 368 g/mol. The summed E-state index contributed by atoms with van der Waals surface area (Å²) < 4.78 is 18.1. The molecule has 1 aliphatic rings. The molecule has 1 aliphatic heterocycles. The zero-order valence-electron chi connectivity index (χ0n) is 15.4. The van der Waals surface area contributed by atoms with Crippen molar-refractivity contribution in [1.29, 1.82) is 0 Å². The van der Waals surface area contributed by atoms with Crippen LogP contribution in [0.3, 0.4) is 0 Å². The predicted molar refractivity (Wildman–Crippen MR) is 104 cm³/mol. The average Bonchev–Trinajstić information content (AvgIpc) is 3.04. The molecule has 1 fully saturated rings. The molecule has 0 aliphatic carbocycles. The zero-order valence-corrected chi connectivity index (χ0v) is 15.4. The molecule has 0 unspecified atom stereocenters. The van der Waals surface area contributed by atoms with Crippen molar-refractivity contribution in [2.75, 3.05) is 19.6 Å². The Balaban J connectivity index is 1.21. The number of nitrogens with one attached hydrogen (secondary N) is 1. The zero-order chi connectivity index (χ0) is 18.6. The summed E-state index contributed by atoms with van der Waals surface area (Å²) in [6.07, 6.45) is 5.55. The second-order valence-corrected chi connectivity index (χ2v) is 7.56. The van der Waals surface area contributed by atoms with Gasteiger partial charge in [0.25, 0.3) is 0 Å². The molecule has 0 saturated carbocycles. The van der Waals surface area contributed by atoms with Crippen LogP contribution in [0.2, 0.25) is 0 Å². The van der Waals surface area contributed by atoms with Crippen LogP contribution in [0.25, 0.3) is 11.1 Å². The number of halogens is 1. The number of H-pyrrole nitrogens is 1. The topological polar surface area (TPSA) is 49.2 Å². The molecule has 5 heteroatoms. The Hall–Kier alpha value is -2.40. The van der Waals surface area contributed by atoms with Crippen molar-refractivity contribution in [1.82, 2.24) is 9.88 Å². The Bertz CT molecular complexity index is 937. The first-order chi connectivity index (χ1) is 13.2. The fourth-order valence-electron chi connectivity index (χ4n) is 4.02. The van der Waals surface area contributed by atoms with Gasteiger partial charge in [0.2, 0.25) is 0 Å². The number of benzene rings is 2. The summed E-state index contributed by atoms with van der Waals surface area (Å²) in [6, 6.07) is 12.9. The van der Waals surface area contributed by atoms with Crippen LogP contribution in [0.15, 0.2) is 51.7 Å². The number of piperidine rings is 1. The molecule has 1 saturated heterocycles. The standard InChI is InChI=1S/C22H25FN2O2/c23-19-6-3-17(4-7-19)14-18-9-12-25(13-10-18)11-1-2-16-5-8-20-21(15-16)27-22(26)24-20/h3-8,15,18H,1-2,9-14H2,(H,24,26). The van der Waals surface area contributed by atoms with Gasteiger partial charge in [0, 0.05) is 0 Å². The maximum atomic E-state index is 13.0. The molecule has 27 heavy (non-hydrogen) atoms. The number of nitrogens with zero attached hydrogens (tertiary/aromatic N) is 1. The predicted octanol–water partition coefficient (Wildman–Crippen LogP) is 4.15. The Morgan fingerprint density at radius 1 is 1.07 bits per heavy atom. The third-order valence-corrected chi connectivity index (χ3v) is 5.57. The van der Waals surface area contributed by atoms with E-state index in [2.05, 4.69) is 16.0 Å². The van der Waals surface area contributed by atoms with Crippen LogP contribution in [0.1, 0.15) is 30.4 Å². The van der Waals surface area contributed by atoms with Gasteiger partial charge in [0.05, 0.1) is 5.52 Å². The van der Waals surface area contributed by atoms with E-state index < -0.39 is 5.76 Å². The summed E-state index contributed by atoms with van der Waals surface area (Å²) in [5.41, 5.74) is 3.84. The lowest BCUT2D eigenvalue weighted by atomic mass is 9.90. The molecule has 0 spiro atoms. The summed E-state index contributed by atoms with van der Waals surface area (Å²) in [4.78, 5) is 16.4. The summed E-state index contributed by atoms with van der Waals surface area (Å²) in [5, 5.41) is 0. The highest BCUT2D eigenvalue weighted by Crippen LogP contribution is 2.22. The number of aromatic amines is 1. The molecule has 0 atom stereocenters. The first kappa shape index (κ1) is 18.0. The van der Waals surface area contributed by atoms with Crippen LogP contribution in [0.4, 0.5) is 4.39 Å². The second-order valence-electron chi connectivity index (χ2n) is 7.56. The smallest absolute Gasteiger partial charge is 0.408 e. The van der Waals surface area contributed by atoms with Crippen LogP contribution in [0, 0.1) is 11.7 Å². The van der Waals surface area contributed by atoms with E-state index in [9.17, 15) is 9.18 Å². The number of likely N-dealkylation sites (tertiary alicyclic amines) is 1. The highest BCUT2D eigenvalue weighted by Gasteiger charge is 2.19. The van der Waals surface area contributed by atoms with E-state index in [1.54, 1.807) is 12.1 Å². The number of hydrogen-bond acceptors (Lipinski definition) is 3. The van der Waals surface area contributed by atoms with E-state index in [-0.39, 0.29) is 5.82 Å². The molecular formula is C22H25FN2O2. The average molecular weight is 368 g/mol. The van der Waals surface area contributed by atoms with Crippen molar-refractivity contribution in [2.24, 2.45) is 5.92 Å². The Kier molecular flexibility index (Phi) is 5.39. The van der Waals surface area contributed by atoms with Crippen molar-refractivity contribution >= 4 is 11.1 Å². The van der Waals surface area contributed by atoms with E-state index in [0.717, 1.165) is 44.4 Å². The summed E-state index contributed by atoms with van der Waals surface area (Å²) in [5.74, 6) is 0.141. The van der Waals surface area contributed by atoms with Gasteiger partial charge in [-0.2, -0.15) is 0 Å². The maximum absolute atomic E-state index is 13.0. The van der Waals surface area contributed by atoms with Gasteiger partial charge in [-0.05, 0) is 93.0 Å². The fourth-order valence-corrected chi connectivity index (χ4v) is 4.02. The fraction of sp³-hybridized carbons (Fsp3) is 0.409. The van der Waals surface area contributed by atoms with Gasteiger partial charge in [-0.1, -0.05) is 18.2 Å². The molecule has 2 aromatic carbocycles. The molecule has 0 bridgehead atoms. The number of aryl methyl sites for hydroxylation is 1. The summed E-state index contributed by atoms with van der Waals surface area (Å²) >= 11 is 0. The first-order valence-corrected chi connectivity index (χ1v) is 9.74. The van der Waals surface area contributed by atoms with Crippen LogP contribution < -0.4 is 5.76 Å². The lowest BCUT2D eigenvalue weighted by Gasteiger charge is -2.32. The number of oxazole rings is 1. The van der Waals surface area contributed by atoms with Crippen molar-refractivity contribution in [2.45, 2.75) is 32.1 Å². The molecule has 2 heterocycles. The van der Waals surface area contributed by atoms with Gasteiger partial charge >= 0.3 is 5.76 Å². The molecule has 4 rings (SSSR count). The van der Waals surface area contributed by atoms with Gasteiger partial charge in [0.15, 0.2) is 5.58 Å². The minimum absolute atomic E-state index is 0.161. The Morgan fingerprint density at radius 3 is 2.59 bits per heavy atom. The van der Waals surface area contributed by atoms with Crippen molar-refractivity contribution in [3.63, 3.8) is 0 Å². The molecule has 1 aromatic heterocycles. The van der Waals surface area contributed by atoms with Crippen LogP contribution in [0.5, 0.6) is 0 Å². The molecular weight excluding hydrogens is 343 g/mol. The van der Waals surface area contributed by atoms with Crippen molar-refractivity contribution < 1.29 is 8.81 Å². The molecule has 0 amide bonds. The summed E-state index contributed by atoms with van der Waals surface area (Å²) in [7, 11) is 0. The number of rotatable bonds is 6. The van der Waals surface area contributed by atoms with E-state index in [1.807, 2.05) is 24.3 Å². The highest BCUT2D eigenvalue weighted by molar-refractivity contribution is 5.72. The van der Waals surface area contributed by atoms with Crippen LogP contribution in [-0.2, 0) is 12.8 Å². The molecule has 1 N–H and O–H groups in total. The first-order valence-electron chi connectivity index (χ1n) is 9.74. The number of fused-ring (bicyclic) bond motifs is 1. The van der Waals surface area contributed by atoms with Crippen molar-refractivity contribution in [3.05, 3.63) is 70.0 Å². The van der Waals surface area contributed by atoms with Gasteiger partial charge in [-0.25, -0.2) is 9.18 Å². The third kappa shape index (κ3) is 4.66. The maximum Gasteiger partial charge on any atom is 0.417 e. The quantitative estimate of drug-likeness (QED) is 0.711. The second kappa shape index (κ2) is 8.09. The largest absolute Gasteiger partial charge is 0.417 e. The van der Waals surface area contributed by atoms with Gasteiger partial charge in [0.1, 0.15) is 5.82 Å². The van der Waals surface area contributed by atoms with Crippen LogP contribution >= 0.6 is 0 Å². The van der Waals surface area contributed by atoms with E-state index in [1.165, 1.54) is 24.0 Å². The van der Waals surface area contributed by atoms with Gasteiger partial charge in [-0.15, -0.1) is 0 Å². The lowest BCUT2D eigenvalue weighted by molar-refractivity contribution is 0.182. The van der Waals surface area contributed by atoms with Gasteiger partial charge < -0.3 is 9.32 Å². The van der Waals surface area contributed by atoms with E-state index in [0.29, 0.717) is 11.5 Å². The highest BCUT2D eigenvalue weighted by atomic mass is 19.1. The van der Waals surface area contributed by atoms with Crippen LogP contribution in [-0.4, -0.2) is 29.5 Å². The van der Waals surface area contributed by atoms with Crippen molar-refractivity contribution in [3.8, 4) is 0 Å². The molecule has 0 radical (unpaired) electrons. The Morgan fingerprint density at radius 2 is 1.81 bits per heavy atom. The minimum atomic E-state index is -0.398. The van der Waals surface area contributed by atoms with E-state index >= 15 is 0 Å². The van der Waals surface area contributed by atoms with Gasteiger partial charge in [-0.3, -0.25) is 4.98 Å². The summed E-state index contributed by atoms with van der Waals surface area (Å²) in [6.45, 7) is 3.37. The Labute approximate surface area is 158 Å². The minimum Gasteiger partial charge on any atom is -0.408 e. The third-order valence-electron chi connectivity index (χ3n) is 5.57. The molecule has 3 aromatic rings. The number of hydrogen-bond donors (Lipinski definition) is 1. The SMILES string of the molecule is O=c1[nH]c2ccc(CCCN3CCC(Cc4ccc(F)cc4)CC3)cc2o1. The molecule has 4 nitrogen and oxygen atoms in total. The molecule has 142 valence electrons. The van der Waals surface area contributed by atoms with E-state index in [4.69, 9.17) is 4.42 Å².